The minimum atomic E-state index is -0.480. The second-order valence-corrected chi connectivity index (χ2v) is 7.05. The van der Waals surface area contributed by atoms with Crippen molar-refractivity contribution in [3.63, 3.8) is 0 Å². The lowest BCUT2D eigenvalue weighted by Gasteiger charge is -2.36. The van der Waals surface area contributed by atoms with Crippen LogP contribution < -0.4 is 5.32 Å². The Hall–Kier alpha value is -1.95. The van der Waals surface area contributed by atoms with Crippen LogP contribution in [-0.4, -0.2) is 53.8 Å². The average Bonchev–Trinajstić information content (AvgIpc) is 2.55. The van der Waals surface area contributed by atoms with E-state index in [2.05, 4.69) is 10.2 Å². The van der Waals surface area contributed by atoms with Crippen molar-refractivity contribution >= 4 is 11.8 Å². The molecule has 0 aromatic heterocycles. The molecule has 0 spiro atoms. The van der Waals surface area contributed by atoms with E-state index in [0.717, 1.165) is 19.3 Å². The van der Waals surface area contributed by atoms with E-state index in [9.17, 15) is 14.0 Å². The molecule has 2 amide bonds. The van der Waals surface area contributed by atoms with Gasteiger partial charge in [-0.05, 0) is 25.8 Å². The molecule has 1 saturated carbocycles. The van der Waals surface area contributed by atoms with Gasteiger partial charge in [-0.2, -0.15) is 0 Å². The lowest BCUT2D eigenvalue weighted by atomic mass is 9.84. The molecule has 0 bridgehead atoms. The molecule has 6 heteroatoms. The molecule has 2 aliphatic rings. The van der Waals surface area contributed by atoms with E-state index in [1.54, 1.807) is 24.0 Å². The molecule has 1 N–H and O–H groups in total. The Morgan fingerprint density at radius 3 is 2.48 bits per heavy atom. The van der Waals surface area contributed by atoms with Crippen molar-refractivity contribution in [2.75, 3.05) is 26.2 Å². The van der Waals surface area contributed by atoms with Gasteiger partial charge in [-0.1, -0.05) is 24.6 Å². The molecule has 0 radical (unpaired) electrons. The summed E-state index contributed by atoms with van der Waals surface area (Å²) in [6.07, 6.45) is 2.97. The van der Waals surface area contributed by atoms with Gasteiger partial charge in [0, 0.05) is 44.2 Å². The van der Waals surface area contributed by atoms with Crippen LogP contribution in [0.5, 0.6) is 0 Å². The van der Waals surface area contributed by atoms with Crippen molar-refractivity contribution in [2.24, 2.45) is 5.92 Å². The Labute approximate surface area is 148 Å². The van der Waals surface area contributed by atoms with Crippen molar-refractivity contribution in [3.8, 4) is 0 Å². The summed E-state index contributed by atoms with van der Waals surface area (Å²) >= 11 is 0. The highest BCUT2D eigenvalue weighted by Crippen LogP contribution is 2.26. The topological polar surface area (TPSA) is 52.7 Å². The molecule has 0 unspecified atom stereocenters. The Kier molecular flexibility index (Phi) is 5.68. The number of carbonyl (C=O) groups excluding carboxylic acids is 2. The van der Waals surface area contributed by atoms with Gasteiger partial charge < -0.3 is 10.2 Å². The third-order valence-electron chi connectivity index (χ3n) is 5.24. The Morgan fingerprint density at radius 2 is 1.88 bits per heavy atom. The maximum atomic E-state index is 13.7. The fraction of sp³-hybridized carbons (Fsp3) is 0.579. The van der Waals surface area contributed by atoms with E-state index in [0.29, 0.717) is 38.3 Å². The molecule has 1 aromatic carbocycles. The van der Waals surface area contributed by atoms with Gasteiger partial charge in [0.1, 0.15) is 11.9 Å². The number of rotatable bonds is 5. The summed E-state index contributed by atoms with van der Waals surface area (Å²) in [6, 6.07) is 6.32. The van der Waals surface area contributed by atoms with Crippen LogP contribution in [0, 0.1) is 11.7 Å². The standard InChI is InChI=1S/C19H26FN3O2/c1-14(21-18(24)15-6-4-7-15)19(25)23-11-9-22(10-12-23)13-16-5-2-3-8-17(16)20/h2-3,5,8,14-15H,4,6-7,9-13H2,1H3,(H,21,24)/t14-/m0/s1. The van der Waals surface area contributed by atoms with Crippen molar-refractivity contribution in [3.05, 3.63) is 35.6 Å². The van der Waals surface area contributed by atoms with E-state index in [1.165, 1.54) is 6.07 Å². The second-order valence-electron chi connectivity index (χ2n) is 7.05. The number of hydrogen-bond acceptors (Lipinski definition) is 3. The quantitative estimate of drug-likeness (QED) is 0.883. The molecule has 5 nitrogen and oxygen atoms in total. The summed E-state index contributed by atoms with van der Waals surface area (Å²) in [5, 5.41) is 2.84. The van der Waals surface area contributed by atoms with Gasteiger partial charge in [-0.3, -0.25) is 14.5 Å². The number of halogens is 1. The lowest BCUT2D eigenvalue weighted by Crippen LogP contribution is -2.54. The van der Waals surface area contributed by atoms with Gasteiger partial charge in [0.25, 0.3) is 0 Å². The summed E-state index contributed by atoms with van der Waals surface area (Å²) in [5.41, 5.74) is 0.684. The average molecular weight is 347 g/mol. The second kappa shape index (κ2) is 7.95. The van der Waals surface area contributed by atoms with E-state index >= 15 is 0 Å². The summed E-state index contributed by atoms with van der Waals surface area (Å²) in [6.45, 7) is 4.95. The number of piperazine rings is 1. The Morgan fingerprint density at radius 1 is 1.20 bits per heavy atom. The van der Waals surface area contributed by atoms with Crippen molar-refractivity contribution in [1.29, 1.82) is 0 Å². The van der Waals surface area contributed by atoms with Crippen LogP contribution in [0.1, 0.15) is 31.7 Å². The first-order valence-electron chi connectivity index (χ1n) is 9.09. The van der Waals surface area contributed by atoms with Crippen molar-refractivity contribution in [1.82, 2.24) is 15.1 Å². The molecule has 2 fully saturated rings. The maximum Gasteiger partial charge on any atom is 0.244 e. The van der Waals surface area contributed by atoms with Crippen LogP contribution in [0.2, 0.25) is 0 Å². The van der Waals surface area contributed by atoms with Gasteiger partial charge in [-0.25, -0.2) is 4.39 Å². The summed E-state index contributed by atoms with van der Waals surface area (Å²) in [5.74, 6) is -0.121. The highest BCUT2D eigenvalue weighted by molar-refractivity contribution is 5.88. The normalized spacial score (nSPS) is 20.0. The molecular formula is C19H26FN3O2. The van der Waals surface area contributed by atoms with Gasteiger partial charge in [0.2, 0.25) is 11.8 Å². The Bertz CT molecular complexity index is 625. The summed E-state index contributed by atoms with van der Waals surface area (Å²) in [4.78, 5) is 28.4. The van der Waals surface area contributed by atoms with Crippen LogP contribution in [0.3, 0.4) is 0 Å². The van der Waals surface area contributed by atoms with Crippen LogP contribution in [0.15, 0.2) is 24.3 Å². The van der Waals surface area contributed by atoms with Crippen molar-refractivity contribution < 1.29 is 14.0 Å². The number of carbonyl (C=O) groups is 2. The molecule has 1 heterocycles. The Balaban J connectivity index is 1.45. The maximum absolute atomic E-state index is 13.7. The van der Waals surface area contributed by atoms with Gasteiger partial charge in [0.15, 0.2) is 0 Å². The molecule has 1 aliphatic carbocycles. The lowest BCUT2D eigenvalue weighted by molar-refractivity contribution is -0.139. The predicted molar refractivity (Wildman–Crippen MR) is 93.2 cm³/mol. The van der Waals surface area contributed by atoms with Crippen LogP contribution in [0.4, 0.5) is 4.39 Å². The fourth-order valence-corrected chi connectivity index (χ4v) is 3.33. The van der Waals surface area contributed by atoms with Gasteiger partial charge in [0.05, 0.1) is 0 Å². The molecule has 1 aliphatic heterocycles. The first kappa shape index (κ1) is 17.9. The predicted octanol–water partition coefficient (Wildman–Crippen LogP) is 1.77. The number of amides is 2. The minimum Gasteiger partial charge on any atom is -0.344 e. The van der Waals surface area contributed by atoms with Gasteiger partial charge in [-0.15, -0.1) is 0 Å². The molecule has 3 rings (SSSR count). The van der Waals surface area contributed by atoms with E-state index in [4.69, 9.17) is 0 Å². The smallest absolute Gasteiger partial charge is 0.244 e. The zero-order chi connectivity index (χ0) is 17.8. The zero-order valence-corrected chi connectivity index (χ0v) is 14.7. The molecular weight excluding hydrogens is 321 g/mol. The van der Waals surface area contributed by atoms with Crippen LogP contribution in [0.25, 0.3) is 0 Å². The zero-order valence-electron chi connectivity index (χ0n) is 14.7. The van der Waals surface area contributed by atoms with E-state index < -0.39 is 6.04 Å². The molecule has 1 aromatic rings. The first-order valence-corrected chi connectivity index (χ1v) is 9.09. The van der Waals surface area contributed by atoms with Crippen LogP contribution in [-0.2, 0) is 16.1 Å². The fourth-order valence-electron chi connectivity index (χ4n) is 3.33. The SMILES string of the molecule is C[C@H](NC(=O)C1CCC1)C(=O)N1CCN(Cc2ccccc2F)CC1. The first-order chi connectivity index (χ1) is 12.0. The molecule has 136 valence electrons. The van der Waals surface area contributed by atoms with Crippen molar-refractivity contribution in [2.45, 2.75) is 38.8 Å². The monoisotopic (exact) mass is 347 g/mol. The van der Waals surface area contributed by atoms with E-state index in [-0.39, 0.29) is 23.5 Å². The largest absolute Gasteiger partial charge is 0.344 e. The number of nitrogens with zero attached hydrogens (tertiary/aromatic N) is 2. The number of hydrogen-bond donors (Lipinski definition) is 1. The van der Waals surface area contributed by atoms with E-state index in [1.807, 2.05) is 6.07 Å². The van der Waals surface area contributed by atoms with Crippen LogP contribution >= 0.6 is 0 Å². The molecule has 25 heavy (non-hydrogen) atoms. The third kappa shape index (κ3) is 4.37. The number of nitrogens with one attached hydrogen (secondary N) is 1. The third-order valence-corrected chi connectivity index (χ3v) is 5.24. The summed E-state index contributed by atoms with van der Waals surface area (Å²) in [7, 11) is 0. The molecule has 1 saturated heterocycles. The van der Waals surface area contributed by atoms with Gasteiger partial charge >= 0.3 is 0 Å². The minimum absolute atomic E-state index is 0.00490. The molecule has 1 atom stereocenters. The summed E-state index contributed by atoms with van der Waals surface area (Å²) < 4.78 is 13.7. The number of benzene rings is 1. The highest BCUT2D eigenvalue weighted by Gasteiger charge is 2.30. The highest BCUT2D eigenvalue weighted by atomic mass is 19.1.